The van der Waals surface area contributed by atoms with Crippen LogP contribution < -0.4 is 11.1 Å². The first-order chi connectivity index (χ1) is 12.0. The maximum atomic E-state index is 11.7. The number of guanidine groups is 1. The van der Waals surface area contributed by atoms with Crippen molar-refractivity contribution in [2.24, 2.45) is 10.7 Å². The lowest BCUT2D eigenvalue weighted by Crippen LogP contribution is -2.48. The minimum absolute atomic E-state index is 0. The van der Waals surface area contributed by atoms with Crippen LogP contribution in [-0.2, 0) is 17.6 Å². The SMILES string of the molecule is CCOC(=O)N1CCC(NC(N)=NCCc2nc(CC)c(C)s2)CC1.I. The first kappa shape index (κ1) is 22.9. The van der Waals surface area contributed by atoms with Crippen molar-refractivity contribution < 1.29 is 9.53 Å². The predicted octanol–water partition coefficient (Wildman–Crippen LogP) is 2.70. The number of hydrogen-bond donors (Lipinski definition) is 2. The number of aliphatic imine (C=N–C) groups is 1. The lowest BCUT2D eigenvalue weighted by molar-refractivity contribution is 0.0963. The van der Waals surface area contributed by atoms with Gasteiger partial charge in [0.15, 0.2) is 5.96 Å². The smallest absolute Gasteiger partial charge is 0.409 e. The molecule has 0 unspecified atom stereocenters. The van der Waals surface area contributed by atoms with Crippen molar-refractivity contribution in [2.45, 2.75) is 52.5 Å². The molecule has 7 nitrogen and oxygen atoms in total. The van der Waals surface area contributed by atoms with Gasteiger partial charge in [0.25, 0.3) is 0 Å². The first-order valence-corrected chi connectivity index (χ1v) is 9.78. The second kappa shape index (κ2) is 11.6. The average molecular weight is 495 g/mol. The fourth-order valence-corrected chi connectivity index (χ4v) is 3.88. The quantitative estimate of drug-likeness (QED) is 0.360. The van der Waals surface area contributed by atoms with Crippen LogP contribution in [0.2, 0.25) is 0 Å². The summed E-state index contributed by atoms with van der Waals surface area (Å²) in [7, 11) is 0. The Balaban J connectivity index is 0.00000338. The summed E-state index contributed by atoms with van der Waals surface area (Å²) in [6.45, 7) is 8.47. The van der Waals surface area contributed by atoms with Gasteiger partial charge < -0.3 is 20.7 Å². The number of nitrogens with zero attached hydrogens (tertiary/aromatic N) is 3. The van der Waals surface area contributed by atoms with Crippen LogP contribution in [0.25, 0.3) is 0 Å². The largest absolute Gasteiger partial charge is 0.450 e. The van der Waals surface area contributed by atoms with Gasteiger partial charge in [0.2, 0.25) is 0 Å². The van der Waals surface area contributed by atoms with Crippen molar-refractivity contribution in [3.63, 3.8) is 0 Å². The van der Waals surface area contributed by atoms with Crippen molar-refractivity contribution in [1.29, 1.82) is 0 Å². The highest BCUT2D eigenvalue weighted by Gasteiger charge is 2.23. The van der Waals surface area contributed by atoms with Crippen LogP contribution in [0.1, 0.15) is 42.3 Å². The Morgan fingerprint density at radius 2 is 2.12 bits per heavy atom. The highest BCUT2D eigenvalue weighted by atomic mass is 127. The van der Waals surface area contributed by atoms with E-state index in [-0.39, 0.29) is 36.1 Å². The summed E-state index contributed by atoms with van der Waals surface area (Å²) in [5, 5.41) is 4.38. The van der Waals surface area contributed by atoms with Gasteiger partial charge in [0.05, 0.1) is 17.3 Å². The summed E-state index contributed by atoms with van der Waals surface area (Å²) in [5.41, 5.74) is 7.17. The molecular weight excluding hydrogens is 465 g/mol. The average Bonchev–Trinajstić information content (AvgIpc) is 2.95. The maximum absolute atomic E-state index is 11.7. The number of aryl methyl sites for hydroxylation is 2. The molecular formula is C17H30IN5O2S. The summed E-state index contributed by atoms with van der Waals surface area (Å²) in [6.07, 6.45) is 3.25. The summed E-state index contributed by atoms with van der Waals surface area (Å²) in [6, 6.07) is 0.253. The second-order valence-electron chi connectivity index (χ2n) is 6.09. The molecule has 1 fully saturated rings. The normalized spacial score (nSPS) is 15.5. The van der Waals surface area contributed by atoms with Gasteiger partial charge in [0, 0.05) is 37.0 Å². The number of nitrogens with two attached hydrogens (primary N) is 1. The lowest BCUT2D eigenvalue weighted by Gasteiger charge is -2.31. The molecule has 2 rings (SSSR count). The number of hydrogen-bond acceptors (Lipinski definition) is 5. The topological polar surface area (TPSA) is 92.8 Å². The summed E-state index contributed by atoms with van der Waals surface area (Å²) < 4.78 is 5.02. The zero-order valence-electron chi connectivity index (χ0n) is 15.8. The number of halogens is 1. The molecule has 0 saturated carbocycles. The highest BCUT2D eigenvalue weighted by Crippen LogP contribution is 2.18. The number of carbonyl (C=O) groups is 1. The summed E-state index contributed by atoms with van der Waals surface area (Å²) >= 11 is 1.74. The Labute approximate surface area is 176 Å². The number of ether oxygens (including phenoxy) is 1. The zero-order valence-corrected chi connectivity index (χ0v) is 18.9. The molecule has 0 atom stereocenters. The number of aromatic nitrogens is 1. The third kappa shape index (κ3) is 6.90. The van der Waals surface area contributed by atoms with Crippen LogP contribution in [0, 0.1) is 6.92 Å². The van der Waals surface area contributed by atoms with E-state index in [1.807, 2.05) is 6.92 Å². The minimum Gasteiger partial charge on any atom is -0.450 e. The summed E-state index contributed by atoms with van der Waals surface area (Å²) in [4.78, 5) is 23.7. The van der Waals surface area contributed by atoms with E-state index in [0.29, 0.717) is 32.2 Å². The number of amides is 1. The third-order valence-electron chi connectivity index (χ3n) is 4.25. The van der Waals surface area contributed by atoms with Gasteiger partial charge in [-0.3, -0.25) is 4.99 Å². The molecule has 3 N–H and O–H groups in total. The molecule has 148 valence electrons. The van der Waals surface area contributed by atoms with Crippen molar-refractivity contribution in [3.8, 4) is 0 Å². The van der Waals surface area contributed by atoms with Crippen LogP contribution in [0.3, 0.4) is 0 Å². The van der Waals surface area contributed by atoms with Gasteiger partial charge in [-0.05, 0) is 33.1 Å². The molecule has 1 aliphatic heterocycles. The molecule has 1 amide bonds. The van der Waals surface area contributed by atoms with Crippen LogP contribution in [0.15, 0.2) is 4.99 Å². The Morgan fingerprint density at radius 1 is 1.42 bits per heavy atom. The van der Waals surface area contributed by atoms with Crippen LogP contribution in [-0.4, -0.2) is 54.2 Å². The van der Waals surface area contributed by atoms with Crippen molar-refractivity contribution in [1.82, 2.24) is 15.2 Å². The predicted molar refractivity (Wildman–Crippen MR) is 117 cm³/mol. The molecule has 0 bridgehead atoms. The van der Waals surface area contributed by atoms with Crippen LogP contribution >= 0.6 is 35.3 Å². The van der Waals surface area contributed by atoms with Crippen molar-refractivity contribution in [3.05, 3.63) is 15.6 Å². The fraction of sp³-hybridized carbons (Fsp3) is 0.706. The van der Waals surface area contributed by atoms with Crippen LogP contribution in [0.5, 0.6) is 0 Å². The minimum atomic E-state index is -0.229. The van der Waals surface area contributed by atoms with Crippen molar-refractivity contribution in [2.75, 3.05) is 26.2 Å². The Morgan fingerprint density at radius 3 is 2.69 bits per heavy atom. The number of carbonyl (C=O) groups excluding carboxylic acids is 1. The molecule has 2 heterocycles. The number of thiazole rings is 1. The van der Waals surface area contributed by atoms with Gasteiger partial charge in [0.1, 0.15) is 0 Å². The zero-order chi connectivity index (χ0) is 18.2. The number of nitrogens with one attached hydrogen (secondary N) is 1. The van der Waals surface area contributed by atoms with Gasteiger partial charge in [-0.15, -0.1) is 35.3 Å². The van der Waals surface area contributed by atoms with E-state index in [1.165, 1.54) is 10.6 Å². The van der Waals surface area contributed by atoms with E-state index in [2.05, 4.69) is 29.1 Å². The Hall–Kier alpha value is -1.10. The molecule has 1 saturated heterocycles. The summed E-state index contributed by atoms with van der Waals surface area (Å²) in [5.74, 6) is 0.471. The molecule has 0 radical (unpaired) electrons. The second-order valence-corrected chi connectivity index (χ2v) is 7.37. The van der Waals surface area contributed by atoms with E-state index in [9.17, 15) is 4.79 Å². The molecule has 0 aliphatic carbocycles. The maximum Gasteiger partial charge on any atom is 0.409 e. The fourth-order valence-electron chi connectivity index (χ4n) is 2.87. The standard InChI is InChI=1S/C17H29N5O2S.HI/c1-4-14-12(3)25-15(21-14)6-9-19-16(18)20-13-7-10-22(11-8-13)17(23)24-5-2;/h13H,4-11H2,1-3H3,(H3,18,19,20);1H. The van der Waals surface area contributed by atoms with E-state index < -0.39 is 0 Å². The molecule has 1 aliphatic rings. The first-order valence-electron chi connectivity index (χ1n) is 8.96. The number of likely N-dealkylation sites (tertiary alicyclic amines) is 1. The van der Waals surface area contributed by atoms with Gasteiger partial charge in [-0.25, -0.2) is 9.78 Å². The molecule has 1 aromatic rings. The lowest BCUT2D eigenvalue weighted by atomic mass is 10.1. The monoisotopic (exact) mass is 495 g/mol. The van der Waals surface area contributed by atoms with Gasteiger partial charge in [-0.1, -0.05) is 6.92 Å². The van der Waals surface area contributed by atoms with Crippen LogP contribution in [0.4, 0.5) is 4.79 Å². The van der Waals surface area contributed by atoms with Crippen molar-refractivity contribution >= 4 is 47.4 Å². The number of piperidine rings is 1. The van der Waals surface area contributed by atoms with E-state index in [0.717, 1.165) is 30.7 Å². The molecule has 1 aromatic heterocycles. The third-order valence-corrected chi connectivity index (χ3v) is 5.33. The molecule has 9 heteroatoms. The Kier molecular flexibility index (Phi) is 10.2. The highest BCUT2D eigenvalue weighted by molar-refractivity contribution is 14.0. The van der Waals surface area contributed by atoms with E-state index in [1.54, 1.807) is 16.2 Å². The molecule has 26 heavy (non-hydrogen) atoms. The molecule has 0 spiro atoms. The number of rotatable bonds is 6. The molecule has 0 aromatic carbocycles. The van der Waals surface area contributed by atoms with E-state index in [4.69, 9.17) is 10.5 Å². The van der Waals surface area contributed by atoms with Gasteiger partial charge >= 0.3 is 6.09 Å². The van der Waals surface area contributed by atoms with Gasteiger partial charge in [-0.2, -0.15) is 0 Å². The Bertz CT molecular complexity index is 600. The van der Waals surface area contributed by atoms with E-state index >= 15 is 0 Å².